The Bertz CT molecular complexity index is 6130. The summed E-state index contributed by atoms with van der Waals surface area (Å²) in [5.41, 5.74) is 15.9. The number of hydrogen-bond acceptors (Lipinski definition) is 26. The summed E-state index contributed by atoms with van der Waals surface area (Å²) in [4.78, 5) is 147. The molecule has 6 fully saturated rings. The number of carboxylic acids is 1. The minimum absolute atomic E-state index is 0.0202. The quantitative estimate of drug-likeness (QED) is 0.0261. The number of fused-ring (bicyclic) bond motifs is 3. The van der Waals surface area contributed by atoms with Gasteiger partial charge in [-0.2, -0.15) is 0 Å². The van der Waals surface area contributed by atoms with E-state index >= 15 is 13.2 Å². The highest BCUT2D eigenvalue weighted by Crippen LogP contribution is 2.44. The van der Waals surface area contributed by atoms with E-state index in [0.29, 0.717) is 105 Å². The number of aliphatic carboxylic acids is 1. The van der Waals surface area contributed by atoms with Crippen LogP contribution in [0.3, 0.4) is 0 Å². The molecular weight excluding hydrogens is 1840 g/mol. The number of ketones is 3. The van der Waals surface area contributed by atoms with Crippen molar-refractivity contribution in [3.05, 3.63) is 215 Å². The molecule has 6 saturated heterocycles. The highest BCUT2D eigenvalue weighted by molar-refractivity contribution is 7.23. The summed E-state index contributed by atoms with van der Waals surface area (Å²) in [7, 11) is 0. The highest BCUT2D eigenvalue weighted by Gasteiger charge is 2.34. The highest BCUT2D eigenvalue weighted by atomic mass is 32.1. The number of nitrogens with zero attached hydrogens (tertiary/aromatic N) is 12. The van der Waals surface area contributed by atoms with Crippen LogP contribution in [-0.2, 0) is 82.0 Å². The maximum absolute atomic E-state index is 15.1. The number of aliphatic hydroxyl groups excluding tert-OH is 1. The number of pyridine rings is 6. The fraction of sp³-hybridized carbons (Fsp3) is 0.394. The number of likely N-dealkylation sites (tertiary alicyclic amines) is 6. The molecule has 0 bridgehead atoms. The van der Waals surface area contributed by atoms with Crippen LogP contribution in [0.5, 0.6) is 34.5 Å². The Morgan fingerprint density at radius 1 is 0.396 bits per heavy atom. The van der Waals surface area contributed by atoms with E-state index in [-0.39, 0.29) is 120 Å². The van der Waals surface area contributed by atoms with Gasteiger partial charge in [-0.25, -0.2) is 13.2 Å². The second-order valence-electron chi connectivity index (χ2n) is 36.4. The number of carbonyl (C=O) groups excluding carboxylic acids is 8. The third-order valence-corrected chi connectivity index (χ3v) is 29.0. The summed E-state index contributed by atoms with van der Waals surface area (Å²) in [5.74, 6) is -0.133. The van der Waals surface area contributed by atoms with Crippen molar-refractivity contribution in [2.24, 2.45) is 23.5 Å². The third-order valence-electron chi connectivity index (χ3n) is 25.5. The zero-order valence-electron chi connectivity index (χ0n) is 78.4. The number of hydrogen-bond donors (Lipinski definition) is 5. The van der Waals surface area contributed by atoms with Gasteiger partial charge >= 0.3 is 5.97 Å². The number of aliphatic hydroxyl groups is 1. The fourth-order valence-electron chi connectivity index (χ4n) is 17.6. The number of aromatic nitrogens is 6. The van der Waals surface area contributed by atoms with Crippen LogP contribution in [0.1, 0.15) is 139 Å². The number of piperidine rings is 3. The van der Waals surface area contributed by atoms with Crippen LogP contribution in [0.25, 0.3) is 62.4 Å². The standard InChI is InChI=1S/C35H38FN5O4S.C34H36FN5O5S.C32H34FN5O3S.C3H6O2/c1-3-34(44)39-26-9-12-40(13-10-26)19-24-4-6-29(38-18-24)33-17-30-35(46-33)32(8-11-37-30)45-31-7-5-23(16-28(31)36)14-27(43)15-25-20-41(21-25)22(2)42;1-21(42)40-18-24(19-40)13-26(43)12-22-3-5-30(27(35)14-22)45-31-6-9-36-29-15-32(46-34(29)31)28-4-2-23(16-37-28)17-39-10-7-25(8-11-39)38-33(44)20-41;1-20(39)38-18-23(19-38)13-25(40)12-21-3-5-29(26(33)14-21)41-30-6-9-35-28-15-31(42-32(28)30)27-4-2-22(16-36-27)17-37-10-7-24(34)8-11-37;1-2-3(4)5/h4-8,11,16-18,25-26H,3,9-10,12-15,19-21H2,1-2H3,(H,39,44);2-6,9,14-16,24-25,41H,7-8,10-13,17-20H2,1H3,(H,38,44);2-6,9,14-16,23-24H,7-8,10-13,17-19,34H2,1H3;2H2,1H3,(H,4,5). The van der Waals surface area contributed by atoms with Gasteiger partial charge < -0.3 is 55.5 Å². The average Bonchev–Trinajstić information content (AvgIpc) is 1.65. The van der Waals surface area contributed by atoms with Crippen molar-refractivity contribution < 1.29 is 80.7 Å². The molecule has 0 radical (unpaired) electrons. The molecule has 6 aliphatic rings. The number of rotatable bonds is 32. The average molecular weight is 1950 g/mol. The summed E-state index contributed by atoms with van der Waals surface area (Å²) in [6.07, 6.45) is 18.6. The summed E-state index contributed by atoms with van der Waals surface area (Å²) in [6, 6.07) is 37.9. The molecule has 728 valence electrons. The van der Waals surface area contributed by atoms with Crippen molar-refractivity contribution in [2.75, 3.05) is 85.1 Å². The number of amides is 5. The van der Waals surface area contributed by atoms with Gasteiger partial charge in [-0.05, 0) is 158 Å². The largest absolute Gasteiger partial charge is 0.481 e. The van der Waals surface area contributed by atoms with Crippen LogP contribution >= 0.6 is 34.0 Å². The maximum atomic E-state index is 15.1. The Morgan fingerprint density at radius 2 is 0.691 bits per heavy atom. The molecule has 0 unspecified atom stereocenters. The second-order valence-corrected chi connectivity index (χ2v) is 39.6. The summed E-state index contributed by atoms with van der Waals surface area (Å²) in [6.45, 7) is 19.3. The Labute approximate surface area is 815 Å². The Morgan fingerprint density at radius 3 is 0.957 bits per heavy atom. The molecule has 12 aromatic rings. The molecule has 29 nitrogen and oxygen atoms in total. The minimum atomic E-state index is -0.745. The molecule has 3 aromatic carbocycles. The number of Topliss-reactive ketones (excluding diaryl/α,β-unsaturated/α-hetero) is 3. The van der Waals surface area contributed by atoms with E-state index in [9.17, 15) is 43.2 Å². The molecule has 18 rings (SSSR count). The number of benzene rings is 3. The van der Waals surface area contributed by atoms with Gasteiger partial charge in [0.15, 0.2) is 34.7 Å². The molecule has 0 spiro atoms. The third kappa shape index (κ3) is 27.7. The Kier molecular flexibility index (Phi) is 34.3. The SMILES string of the molecule is CC(=O)N1CC(CC(=O)Cc2ccc(Oc3ccnc4cc(-c5ccc(CN6CCC(N)CC6)cn5)sc34)c(F)c2)C1.CC(=O)N1CC(CC(=O)Cc2ccc(Oc3ccnc4cc(-c5ccc(CN6CCC(NC(=O)CO)CC6)cn5)sc34)c(F)c2)C1.CCC(=O)NC1CCN(Cc2ccc(-c3cc4nccc(Oc5ccc(CC(=O)CC6CN(C(C)=O)C6)cc5F)c4s3)nc2)CC1.CCC(=O)O. The first kappa shape index (κ1) is 101. The van der Waals surface area contributed by atoms with E-state index < -0.39 is 30.0 Å². The summed E-state index contributed by atoms with van der Waals surface area (Å²) in [5, 5.41) is 22.6. The molecular formula is C104H114F3N15O14S3. The van der Waals surface area contributed by atoms with Gasteiger partial charge in [0.25, 0.3) is 0 Å². The first-order valence-electron chi connectivity index (χ1n) is 47.1. The zero-order chi connectivity index (χ0) is 97.9. The van der Waals surface area contributed by atoms with Gasteiger partial charge in [0.2, 0.25) is 29.5 Å². The number of thiophene rings is 3. The number of carbonyl (C=O) groups is 9. The lowest BCUT2D eigenvalue weighted by molar-refractivity contribution is -0.137. The first-order valence-corrected chi connectivity index (χ1v) is 49.6. The van der Waals surface area contributed by atoms with E-state index in [4.69, 9.17) is 45.1 Å². The van der Waals surface area contributed by atoms with Gasteiger partial charge in [0.1, 0.15) is 41.2 Å². The minimum Gasteiger partial charge on any atom is -0.481 e. The van der Waals surface area contributed by atoms with Crippen LogP contribution in [0.15, 0.2) is 165 Å². The van der Waals surface area contributed by atoms with Crippen molar-refractivity contribution in [1.82, 2.24) is 69.9 Å². The van der Waals surface area contributed by atoms with Crippen LogP contribution < -0.4 is 30.6 Å². The molecule has 6 N–H and O–H groups in total. The van der Waals surface area contributed by atoms with E-state index in [1.165, 1.54) is 78.5 Å². The number of ether oxygens (including phenoxy) is 3. The van der Waals surface area contributed by atoms with Crippen molar-refractivity contribution in [1.29, 1.82) is 0 Å². The summed E-state index contributed by atoms with van der Waals surface area (Å²) >= 11 is 4.47. The molecule has 6 aliphatic heterocycles. The van der Waals surface area contributed by atoms with Gasteiger partial charge in [-0.15, -0.1) is 34.0 Å². The fourth-order valence-corrected chi connectivity index (χ4v) is 20.7. The first-order chi connectivity index (χ1) is 67.0. The smallest absolute Gasteiger partial charge is 0.303 e. The molecule has 9 aromatic heterocycles. The molecule has 0 saturated carbocycles. The molecule has 139 heavy (non-hydrogen) atoms. The number of nitrogens with two attached hydrogens (primary N) is 1. The van der Waals surface area contributed by atoms with Gasteiger partial charge in [-0.1, -0.05) is 50.2 Å². The van der Waals surface area contributed by atoms with Crippen LogP contribution in [-0.4, -0.2) is 226 Å². The molecule has 15 heterocycles. The van der Waals surface area contributed by atoms with Crippen LogP contribution in [0.4, 0.5) is 13.2 Å². The molecule has 5 amide bonds. The lowest BCUT2D eigenvalue weighted by Crippen LogP contribution is -2.49. The number of nitrogens with one attached hydrogen (secondary N) is 2. The second kappa shape index (κ2) is 47.3. The van der Waals surface area contributed by atoms with Crippen molar-refractivity contribution in [3.8, 4) is 66.2 Å². The lowest BCUT2D eigenvalue weighted by Gasteiger charge is -2.38. The Hall–Kier alpha value is -12.7. The predicted molar refractivity (Wildman–Crippen MR) is 526 cm³/mol. The normalized spacial score (nSPS) is 15.8. The van der Waals surface area contributed by atoms with Gasteiger partial charge in [0, 0.05) is 248 Å². The lowest BCUT2D eigenvalue weighted by atomic mass is 9.92. The topological polar surface area (TPSA) is 369 Å². The molecule has 35 heteroatoms. The maximum Gasteiger partial charge on any atom is 0.303 e. The van der Waals surface area contributed by atoms with E-state index in [1.807, 2.05) is 61.9 Å². The van der Waals surface area contributed by atoms with Crippen LogP contribution in [0.2, 0.25) is 0 Å². The van der Waals surface area contributed by atoms with Crippen LogP contribution in [0, 0.1) is 35.2 Å². The number of halogens is 3. The van der Waals surface area contributed by atoms with Gasteiger partial charge in [0.05, 0.1) is 62.4 Å². The van der Waals surface area contributed by atoms with Gasteiger partial charge in [-0.3, -0.25) is 87.8 Å². The monoisotopic (exact) mass is 1950 g/mol. The van der Waals surface area contributed by atoms with E-state index in [2.05, 4.69) is 58.5 Å². The van der Waals surface area contributed by atoms with Crippen molar-refractivity contribution in [2.45, 2.75) is 162 Å². The predicted octanol–water partition coefficient (Wildman–Crippen LogP) is 15.8. The molecule has 0 aliphatic carbocycles. The van der Waals surface area contributed by atoms with E-state index in [0.717, 1.165) is 171 Å². The Balaban J connectivity index is 0.000000154. The zero-order valence-corrected chi connectivity index (χ0v) is 80.8. The summed E-state index contributed by atoms with van der Waals surface area (Å²) < 4.78 is 65.7. The van der Waals surface area contributed by atoms with Crippen molar-refractivity contribution >= 4 is 118 Å². The number of carboxylic acid groups (broad SMARTS) is 1. The molecule has 0 atom stereocenters. The van der Waals surface area contributed by atoms with Crippen molar-refractivity contribution in [3.63, 3.8) is 0 Å². The van der Waals surface area contributed by atoms with E-state index in [1.54, 1.807) is 94.8 Å².